The number of esters is 1. The van der Waals surface area contributed by atoms with E-state index in [4.69, 9.17) is 18.6 Å². The van der Waals surface area contributed by atoms with Crippen LogP contribution >= 0.6 is 23.1 Å². The van der Waals surface area contributed by atoms with E-state index in [1.165, 1.54) is 29.2 Å². The lowest BCUT2D eigenvalue weighted by Crippen LogP contribution is -2.20. The van der Waals surface area contributed by atoms with Gasteiger partial charge < -0.3 is 18.6 Å². The Labute approximate surface area is 175 Å². The van der Waals surface area contributed by atoms with E-state index in [2.05, 4.69) is 4.98 Å². The van der Waals surface area contributed by atoms with Gasteiger partial charge in [0.2, 0.25) is 11.2 Å². The second-order valence-corrected chi connectivity index (χ2v) is 7.87. The van der Waals surface area contributed by atoms with Crippen LogP contribution in [0.4, 0.5) is 0 Å². The fourth-order valence-electron chi connectivity index (χ4n) is 2.21. The lowest BCUT2D eigenvalue weighted by molar-refractivity contribution is -0.136. The van der Waals surface area contributed by atoms with Gasteiger partial charge in [0.1, 0.15) is 23.5 Å². The largest absolute Gasteiger partial charge is 0.494 e. The molecule has 0 aliphatic heterocycles. The highest BCUT2D eigenvalue weighted by Gasteiger charge is 2.12. The molecule has 0 saturated carbocycles. The highest BCUT2D eigenvalue weighted by Crippen LogP contribution is 2.26. The van der Waals surface area contributed by atoms with Gasteiger partial charge in [-0.15, -0.1) is 11.3 Å². The van der Waals surface area contributed by atoms with Crippen molar-refractivity contribution in [3.05, 3.63) is 63.7 Å². The Balaban J connectivity index is 1.50. The third-order valence-electron chi connectivity index (χ3n) is 3.50. The van der Waals surface area contributed by atoms with Crippen LogP contribution in [0.2, 0.25) is 0 Å². The van der Waals surface area contributed by atoms with Gasteiger partial charge in [-0.3, -0.25) is 4.79 Å². The van der Waals surface area contributed by atoms with Gasteiger partial charge in [0, 0.05) is 17.1 Å². The number of aromatic nitrogens is 1. The monoisotopic (exact) mass is 433 g/mol. The predicted molar refractivity (Wildman–Crippen MR) is 110 cm³/mol. The second kappa shape index (κ2) is 10.1. The standard InChI is InChI=1S/C20H19NO6S2/c1-3-24-14-4-6-15(7-5-14)26-10-19(23)27-18-9-25-16(8-17(18)22)12-29-20-21-13(2)11-28-20/h4-9,11H,3,10,12H2,1-2H3. The molecule has 0 spiro atoms. The minimum absolute atomic E-state index is 0.177. The number of rotatable bonds is 9. The van der Waals surface area contributed by atoms with Crippen molar-refractivity contribution in [1.82, 2.24) is 4.98 Å². The maximum Gasteiger partial charge on any atom is 0.349 e. The molecular formula is C20H19NO6S2. The van der Waals surface area contributed by atoms with E-state index < -0.39 is 11.4 Å². The summed E-state index contributed by atoms with van der Waals surface area (Å²) >= 11 is 3.00. The number of benzene rings is 1. The molecule has 2 aromatic heterocycles. The summed E-state index contributed by atoms with van der Waals surface area (Å²) in [7, 11) is 0. The number of carbonyl (C=O) groups excluding carboxylic acids is 1. The van der Waals surface area contributed by atoms with E-state index in [1.54, 1.807) is 24.3 Å². The van der Waals surface area contributed by atoms with Gasteiger partial charge in [0.25, 0.3) is 0 Å². The smallest absolute Gasteiger partial charge is 0.349 e. The summed E-state index contributed by atoms with van der Waals surface area (Å²) in [6, 6.07) is 8.15. The summed E-state index contributed by atoms with van der Waals surface area (Å²) in [5.41, 5.74) is 0.519. The average molecular weight is 434 g/mol. The number of hydrogen-bond donors (Lipinski definition) is 0. The van der Waals surface area contributed by atoms with E-state index in [9.17, 15) is 9.59 Å². The number of nitrogens with zero attached hydrogens (tertiary/aromatic N) is 1. The molecule has 0 aliphatic carbocycles. The highest BCUT2D eigenvalue weighted by molar-refractivity contribution is 8.00. The first kappa shape index (κ1) is 20.9. The number of hydrogen-bond acceptors (Lipinski definition) is 9. The lowest BCUT2D eigenvalue weighted by Gasteiger charge is -2.08. The van der Waals surface area contributed by atoms with Crippen LogP contribution in [0.5, 0.6) is 17.2 Å². The van der Waals surface area contributed by atoms with Crippen molar-refractivity contribution in [2.45, 2.75) is 23.9 Å². The molecule has 0 bridgehead atoms. The summed E-state index contributed by atoms with van der Waals surface area (Å²) in [5, 5.41) is 1.95. The van der Waals surface area contributed by atoms with Crippen molar-refractivity contribution in [3.63, 3.8) is 0 Å². The Morgan fingerprint density at radius 1 is 1.21 bits per heavy atom. The molecule has 2 heterocycles. The topological polar surface area (TPSA) is 87.9 Å². The molecular weight excluding hydrogens is 414 g/mol. The van der Waals surface area contributed by atoms with Crippen LogP contribution in [0.15, 0.2) is 55.5 Å². The quantitative estimate of drug-likeness (QED) is 0.368. The first-order chi connectivity index (χ1) is 14.0. The second-order valence-electron chi connectivity index (χ2n) is 5.79. The van der Waals surface area contributed by atoms with Crippen LogP contribution in [-0.2, 0) is 10.5 Å². The molecule has 0 atom stereocenters. The number of carbonyl (C=O) groups is 1. The van der Waals surface area contributed by atoms with E-state index in [0.29, 0.717) is 29.6 Å². The van der Waals surface area contributed by atoms with Crippen molar-refractivity contribution >= 4 is 29.1 Å². The summed E-state index contributed by atoms with van der Waals surface area (Å²) in [4.78, 5) is 28.4. The molecule has 0 fully saturated rings. The molecule has 9 heteroatoms. The molecule has 0 radical (unpaired) electrons. The molecule has 3 aromatic rings. The maximum atomic E-state index is 12.1. The minimum atomic E-state index is -0.702. The van der Waals surface area contributed by atoms with E-state index >= 15 is 0 Å². The van der Waals surface area contributed by atoms with Gasteiger partial charge in [-0.1, -0.05) is 11.8 Å². The van der Waals surface area contributed by atoms with Crippen LogP contribution in [0.25, 0.3) is 0 Å². The van der Waals surface area contributed by atoms with E-state index in [0.717, 1.165) is 16.3 Å². The maximum absolute atomic E-state index is 12.1. The zero-order valence-electron chi connectivity index (χ0n) is 15.9. The normalized spacial score (nSPS) is 10.6. The van der Waals surface area contributed by atoms with Crippen molar-refractivity contribution in [3.8, 4) is 17.2 Å². The summed E-state index contributed by atoms with van der Waals surface area (Å²) in [6.07, 6.45) is 1.14. The van der Waals surface area contributed by atoms with Crippen molar-refractivity contribution < 1.29 is 23.4 Å². The van der Waals surface area contributed by atoms with Crippen LogP contribution in [0.3, 0.4) is 0 Å². The minimum Gasteiger partial charge on any atom is -0.494 e. The Bertz CT molecular complexity index is 1010. The van der Waals surface area contributed by atoms with E-state index in [1.807, 2.05) is 19.2 Å². The highest BCUT2D eigenvalue weighted by atomic mass is 32.2. The summed E-state index contributed by atoms with van der Waals surface area (Å²) in [6.45, 7) is 4.04. The van der Waals surface area contributed by atoms with Crippen LogP contribution in [-0.4, -0.2) is 24.2 Å². The molecule has 29 heavy (non-hydrogen) atoms. The zero-order valence-corrected chi connectivity index (χ0v) is 17.5. The molecule has 0 aliphatic rings. The Morgan fingerprint density at radius 3 is 2.55 bits per heavy atom. The molecule has 7 nitrogen and oxygen atoms in total. The average Bonchev–Trinajstić information content (AvgIpc) is 3.13. The first-order valence-electron chi connectivity index (χ1n) is 8.76. The SMILES string of the molecule is CCOc1ccc(OCC(=O)Oc2coc(CSc3nc(C)cs3)cc2=O)cc1. The van der Waals surface area contributed by atoms with Gasteiger partial charge in [0.05, 0.1) is 12.4 Å². The Kier molecular flexibility index (Phi) is 7.31. The van der Waals surface area contributed by atoms with Gasteiger partial charge in [-0.25, -0.2) is 9.78 Å². The first-order valence-corrected chi connectivity index (χ1v) is 10.6. The predicted octanol–water partition coefficient (Wildman–Crippen LogP) is 4.08. The molecule has 152 valence electrons. The van der Waals surface area contributed by atoms with Gasteiger partial charge in [-0.05, 0) is 38.1 Å². The molecule has 3 rings (SSSR count). The molecule has 0 saturated heterocycles. The number of thiazole rings is 1. The third-order valence-corrected chi connectivity index (χ3v) is 5.66. The summed E-state index contributed by atoms with van der Waals surface area (Å²) in [5.74, 6) is 1.25. The molecule has 0 unspecified atom stereocenters. The number of ether oxygens (including phenoxy) is 3. The fourth-order valence-corrected chi connectivity index (χ4v) is 3.95. The lowest BCUT2D eigenvalue weighted by atomic mass is 10.3. The Morgan fingerprint density at radius 2 is 1.93 bits per heavy atom. The van der Waals surface area contributed by atoms with E-state index in [-0.39, 0.29) is 12.4 Å². The van der Waals surface area contributed by atoms with Gasteiger partial charge >= 0.3 is 5.97 Å². The van der Waals surface area contributed by atoms with Crippen molar-refractivity contribution in [1.29, 1.82) is 0 Å². The fraction of sp³-hybridized carbons (Fsp3) is 0.250. The number of aryl methyl sites for hydroxylation is 1. The Hall–Kier alpha value is -2.78. The van der Waals surface area contributed by atoms with Gasteiger partial charge in [-0.2, -0.15) is 0 Å². The third kappa shape index (κ3) is 6.37. The summed E-state index contributed by atoms with van der Waals surface area (Å²) < 4.78 is 22.0. The van der Waals surface area contributed by atoms with Crippen LogP contribution in [0.1, 0.15) is 18.4 Å². The molecule has 1 aromatic carbocycles. The van der Waals surface area contributed by atoms with Crippen LogP contribution < -0.4 is 19.6 Å². The van der Waals surface area contributed by atoms with Crippen LogP contribution in [0, 0.1) is 6.92 Å². The zero-order chi connectivity index (χ0) is 20.6. The van der Waals surface area contributed by atoms with Gasteiger partial charge in [0.15, 0.2) is 10.9 Å². The van der Waals surface area contributed by atoms with Crippen molar-refractivity contribution in [2.75, 3.05) is 13.2 Å². The molecule has 0 N–H and O–H groups in total. The molecule has 0 amide bonds. The number of thioether (sulfide) groups is 1. The van der Waals surface area contributed by atoms with Crippen molar-refractivity contribution in [2.24, 2.45) is 0 Å².